The van der Waals surface area contributed by atoms with Gasteiger partial charge in [-0.2, -0.15) is 4.98 Å². The van der Waals surface area contributed by atoms with Gasteiger partial charge >= 0.3 is 0 Å². The van der Waals surface area contributed by atoms with Gasteiger partial charge in [0.2, 0.25) is 0 Å². The maximum atomic E-state index is 12.6. The first-order valence-corrected chi connectivity index (χ1v) is 8.31. The summed E-state index contributed by atoms with van der Waals surface area (Å²) in [6.07, 6.45) is 5.18. The molecule has 8 nitrogen and oxygen atoms in total. The first-order valence-electron chi connectivity index (χ1n) is 8.31. The number of rotatable bonds is 3. The van der Waals surface area contributed by atoms with E-state index < -0.39 is 0 Å². The molecule has 0 spiro atoms. The number of hydrogen-bond donors (Lipinski definition) is 1. The molecule has 3 aromatic rings. The van der Waals surface area contributed by atoms with Gasteiger partial charge in [0.1, 0.15) is 17.0 Å². The summed E-state index contributed by atoms with van der Waals surface area (Å²) < 4.78 is 10.4. The smallest absolute Gasteiger partial charge is 0.274 e. The fourth-order valence-electron chi connectivity index (χ4n) is 3.18. The van der Waals surface area contributed by atoms with Crippen LogP contribution in [0.1, 0.15) is 46.3 Å². The van der Waals surface area contributed by atoms with Gasteiger partial charge in [-0.25, -0.2) is 0 Å². The molecule has 130 valence electrons. The first kappa shape index (κ1) is 15.6. The Morgan fingerprint density at radius 2 is 2.24 bits per heavy atom. The zero-order valence-corrected chi connectivity index (χ0v) is 14.2. The topological polar surface area (TPSA) is 101 Å². The Labute approximate surface area is 144 Å². The Kier molecular flexibility index (Phi) is 3.87. The van der Waals surface area contributed by atoms with Crippen LogP contribution in [0.3, 0.4) is 0 Å². The predicted octanol–water partition coefficient (Wildman–Crippen LogP) is 2.69. The number of carbonyl (C=O) groups excluding carboxylic acids is 1. The lowest BCUT2D eigenvalue weighted by atomic mass is 9.97. The van der Waals surface area contributed by atoms with Crippen molar-refractivity contribution in [3.8, 4) is 11.6 Å². The fourth-order valence-corrected chi connectivity index (χ4v) is 3.18. The largest absolute Gasteiger partial charge is 0.361 e. The summed E-state index contributed by atoms with van der Waals surface area (Å²) in [5.41, 5.74) is 2.42. The van der Waals surface area contributed by atoms with Crippen molar-refractivity contribution < 1.29 is 13.8 Å². The molecule has 1 amide bonds. The van der Waals surface area contributed by atoms with Crippen molar-refractivity contribution in [2.45, 2.75) is 32.6 Å². The molecule has 0 aliphatic carbocycles. The Hall–Kier alpha value is -2.90. The molecule has 1 N–H and O–H groups in total. The van der Waals surface area contributed by atoms with E-state index in [4.69, 9.17) is 9.05 Å². The molecule has 1 aliphatic heterocycles. The molecule has 1 aliphatic rings. The van der Waals surface area contributed by atoms with Crippen LogP contribution < -0.4 is 0 Å². The highest BCUT2D eigenvalue weighted by atomic mass is 16.5. The molecule has 0 bridgehead atoms. The Morgan fingerprint density at radius 3 is 2.96 bits per heavy atom. The van der Waals surface area contributed by atoms with Crippen LogP contribution in [-0.4, -0.2) is 44.2 Å². The Morgan fingerprint density at radius 1 is 1.36 bits per heavy atom. The molecular weight excluding hydrogens is 322 g/mol. The molecule has 0 aromatic carbocycles. The van der Waals surface area contributed by atoms with E-state index >= 15 is 0 Å². The average Bonchev–Trinajstić information content (AvgIpc) is 3.35. The third-order valence-electron chi connectivity index (χ3n) is 4.55. The highest BCUT2D eigenvalue weighted by Gasteiger charge is 2.30. The number of H-pyrrole nitrogens is 1. The van der Waals surface area contributed by atoms with Crippen LogP contribution in [0.5, 0.6) is 0 Å². The number of nitrogens with one attached hydrogen (secondary N) is 1. The van der Waals surface area contributed by atoms with Gasteiger partial charge in [0.15, 0.2) is 5.82 Å². The molecule has 4 heterocycles. The number of hydrogen-bond acceptors (Lipinski definition) is 6. The van der Waals surface area contributed by atoms with Crippen LogP contribution in [0.15, 0.2) is 27.5 Å². The minimum absolute atomic E-state index is 0.0615. The van der Waals surface area contributed by atoms with E-state index in [0.717, 1.165) is 24.1 Å². The molecule has 1 fully saturated rings. The summed E-state index contributed by atoms with van der Waals surface area (Å²) in [4.78, 5) is 22.1. The molecule has 25 heavy (non-hydrogen) atoms. The second-order valence-corrected chi connectivity index (χ2v) is 6.43. The summed E-state index contributed by atoms with van der Waals surface area (Å²) in [5, 5.41) is 7.81. The number of likely N-dealkylation sites (tertiary alicyclic amines) is 1. The van der Waals surface area contributed by atoms with Crippen LogP contribution in [0, 0.1) is 13.8 Å². The maximum absolute atomic E-state index is 12.6. The van der Waals surface area contributed by atoms with Crippen molar-refractivity contribution in [3.63, 3.8) is 0 Å². The van der Waals surface area contributed by atoms with E-state index in [1.165, 1.54) is 6.20 Å². The van der Waals surface area contributed by atoms with Crippen molar-refractivity contribution in [2.24, 2.45) is 0 Å². The highest BCUT2D eigenvalue weighted by molar-refractivity contribution is 5.94. The molecule has 8 heteroatoms. The van der Waals surface area contributed by atoms with Crippen LogP contribution >= 0.6 is 0 Å². The molecule has 0 unspecified atom stereocenters. The molecule has 0 radical (unpaired) electrons. The summed E-state index contributed by atoms with van der Waals surface area (Å²) in [6.45, 7) is 5.01. The Bertz CT molecular complexity index is 894. The van der Waals surface area contributed by atoms with Gasteiger partial charge < -0.3 is 18.9 Å². The number of carbonyl (C=O) groups is 1. The summed E-state index contributed by atoms with van der Waals surface area (Å²) in [7, 11) is 0. The lowest BCUT2D eigenvalue weighted by molar-refractivity contribution is 0.0702. The second kappa shape index (κ2) is 6.19. The van der Waals surface area contributed by atoms with Gasteiger partial charge in [0.05, 0.1) is 6.20 Å². The Balaban J connectivity index is 1.51. The maximum Gasteiger partial charge on any atom is 0.274 e. The average molecular weight is 341 g/mol. The van der Waals surface area contributed by atoms with Crippen LogP contribution in [0.4, 0.5) is 0 Å². The SMILES string of the molecule is Cc1c[nH]c(-c2nc([C@H]3CCCN(C(=O)c4cnoc4C)C3)no2)c1. The van der Waals surface area contributed by atoms with E-state index in [0.29, 0.717) is 36.1 Å². The molecular formula is C17H19N5O3. The third kappa shape index (κ3) is 2.95. The van der Waals surface area contributed by atoms with E-state index in [2.05, 4.69) is 20.3 Å². The van der Waals surface area contributed by atoms with Crippen molar-refractivity contribution in [1.82, 2.24) is 25.2 Å². The van der Waals surface area contributed by atoms with Gasteiger partial charge in [-0.15, -0.1) is 0 Å². The molecule has 4 rings (SSSR count). The summed E-state index contributed by atoms with van der Waals surface area (Å²) in [6, 6.07) is 1.96. The number of aromatic amines is 1. The van der Waals surface area contributed by atoms with Crippen molar-refractivity contribution >= 4 is 5.91 Å². The van der Waals surface area contributed by atoms with Crippen molar-refractivity contribution in [2.75, 3.05) is 13.1 Å². The number of piperidine rings is 1. The zero-order valence-electron chi connectivity index (χ0n) is 14.2. The molecule has 1 saturated heterocycles. The van der Waals surface area contributed by atoms with Crippen LogP contribution in [-0.2, 0) is 0 Å². The second-order valence-electron chi connectivity index (χ2n) is 6.43. The normalized spacial score (nSPS) is 17.8. The zero-order chi connectivity index (χ0) is 17.4. The number of amides is 1. The summed E-state index contributed by atoms with van der Waals surface area (Å²) in [5.74, 6) is 1.65. The van der Waals surface area contributed by atoms with Gasteiger partial charge in [-0.3, -0.25) is 4.79 Å². The van der Waals surface area contributed by atoms with Crippen molar-refractivity contribution in [3.05, 3.63) is 41.2 Å². The highest BCUT2D eigenvalue weighted by Crippen LogP contribution is 2.28. The number of aromatic nitrogens is 4. The van der Waals surface area contributed by atoms with Crippen molar-refractivity contribution in [1.29, 1.82) is 0 Å². The van der Waals surface area contributed by atoms with Crippen LogP contribution in [0.25, 0.3) is 11.6 Å². The van der Waals surface area contributed by atoms with Gasteiger partial charge in [-0.1, -0.05) is 10.3 Å². The van der Waals surface area contributed by atoms with Crippen LogP contribution in [0.2, 0.25) is 0 Å². The lowest BCUT2D eigenvalue weighted by Crippen LogP contribution is -2.39. The molecule has 3 aromatic heterocycles. The monoisotopic (exact) mass is 341 g/mol. The minimum atomic E-state index is -0.0628. The standard InChI is InChI=1S/C17H19N5O3/c1-10-6-14(18-7-10)16-20-15(21-25-16)12-4-3-5-22(9-12)17(23)13-8-19-24-11(13)2/h6-8,12,18H,3-5,9H2,1-2H3/t12-/m0/s1. The molecule has 1 atom stereocenters. The first-order chi connectivity index (χ1) is 12.1. The van der Waals surface area contributed by atoms with E-state index in [1.54, 1.807) is 6.92 Å². The summed E-state index contributed by atoms with van der Waals surface area (Å²) >= 11 is 0. The fraction of sp³-hybridized carbons (Fsp3) is 0.412. The van der Waals surface area contributed by atoms with Gasteiger partial charge in [-0.05, 0) is 38.3 Å². The van der Waals surface area contributed by atoms with E-state index in [9.17, 15) is 4.79 Å². The minimum Gasteiger partial charge on any atom is -0.361 e. The third-order valence-corrected chi connectivity index (χ3v) is 4.55. The van der Waals surface area contributed by atoms with E-state index in [-0.39, 0.29) is 11.8 Å². The predicted molar refractivity (Wildman–Crippen MR) is 87.9 cm³/mol. The lowest BCUT2D eigenvalue weighted by Gasteiger charge is -2.31. The quantitative estimate of drug-likeness (QED) is 0.786. The van der Waals surface area contributed by atoms with E-state index in [1.807, 2.05) is 24.1 Å². The van der Waals surface area contributed by atoms with Gasteiger partial charge in [0, 0.05) is 25.2 Å². The number of nitrogens with zero attached hydrogens (tertiary/aromatic N) is 4. The van der Waals surface area contributed by atoms with Gasteiger partial charge in [0.25, 0.3) is 11.8 Å². The molecule has 0 saturated carbocycles. The number of aryl methyl sites for hydroxylation is 2.